The van der Waals surface area contributed by atoms with E-state index in [0.717, 1.165) is 30.6 Å². The van der Waals surface area contributed by atoms with E-state index in [2.05, 4.69) is 18.7 Å². The minimum absolute atomic E-state index is 0.346. The fourth-order valence-electron chi connectivity index (χ4n) is 2.89. The van der Waals surface area contributed by atoms with Crippen molar-refractivity contribution < 1.29 is 9.53 Å². The quantitative estimate of drug-likeness (QED) is 0.681. The molecule has 1 aliphatic heterocycles. The molecule has 1 saturated heterocycles. The van der Waals surface area contributed by atoms with E-state index in [1.54, 1.807) is 12.1 Å². The lowest BCUT2D eigenvalue weighted by Gasteiger charge is -2.36. The number of anilines is 2. The predicted molar refractivity (Wildman–Crippen MR) is 82.0 cm³/mol. The standard InChI is InChI=1S/C16H24N2O2/c1-11(2)12-6-8-18(9-7-12)15-5-4-13(10-14(15)17)16(19)20-3/h4-5,10-12H,6-9,17H2,1-3H3. The van der Waals surface area contributed by atoms with Crippen LogP contribution in [0, 0.1) is 11.8 Å². The van der Waals surface area contributed by atoms with Crippen LogP contribution in [-0.4, -0.2) is 26.2 Å². The van der Waals surface area contributed by atoms with Crippen molar-refractivity contribution in [1.29, 1.82) is 0 Å². The second kappa shape index (κ2) is 6.16. The third-order valence-electron chi connectivity index (χ3n) is 4.27. The van der Waals surface area contributed by atoms with Crippen molar-refractivity contribution in [3.05, 3.63) is 23.8 Å². The second-order valence-electron chi connectivity index (χ2n) is 5.83. The number of hydrogen-bond acceptors (Lipinski definition) is 4. The molecule has 110 valence electrons. The largest absolute Gasteiger partial charge is 0.465 e. The van der Waals surface area contributed by atoms with Crippen LogP contribution >= 0.6 is 0 Å². The molecule has 0 aromatic heterocycles. The van der Waals surface area contributed by atoms with Gasteiger partial charge < -0.3 is 15.4 Å². The summed E-state index contributed by atoms with van der Waals surface area (Å²) in [7, 11) is 1.38. The summed E-state index contributed by atoms with van der Waals surface area (Å²) in [5, 5.41) is 0. The number of benzene rings is 1. The van der Waals surface area contributed by atoms with Gasteiger partial charge in [-0.3, -0.25) is 0 Å². The number of rotatable bonds is 3. The monoisotopic (exact) mass is 276 g/mol. The Balaban J connectivity index is 2.09. The number of esters is 1. The number of nitrogens with zero attached hydrogens (tertiary/aromatic N) is 1. The Bertz CT molecular complexity index is 477. The van der Waals surface area contributed by atoms with Crippen LogP contribution in [0.1, 0.15) is 37.0 Å². The number of nitrogens with two attached hydrogens (primary N) is 1. The predicted octanol–water partition coefficient (Wildman–Crippen LogP) is 2.93. The molecule has 0 bridgehead atoms. The van der Waals surface area contributed by atoms with Crippen molar-refractivity contribution in [2.24, 2.45) is 11.8 Å². The molecule has 0 radical (unpaired) electrons. The molecule has 0 aliphatic carbocycles. The molecule has 2 N–H and O–H groups in total. The lowest BCUT2D eigenvalue weighted by atomic mass is 9.86. The molecule has 0 atom stereocenters. The molecule has 2 rings (SSSR count). The molecule has 1 heterocycles. The van der Waals surface area contributed by atoms with E-state index in [-0.39, 0.29) is 5.97 Å². The van der Waals surface area contributed by atoms with Crippen molar-refractivity contribution in [2.45, 2.75) is 26.7 Å². The molecule has 0 spiro atoms. The number of ether oxygens (including phenoxy) is 1. The van der Waals surface area contributed by atoms with Crippen LogP contribution in [0.4, 0.5) is 11.4 Å². The summed E-state index contributed by atoms with van der Waals surface area (Å²) in [6.07, 6.45) is 2.41. The summed E-state index contributed by atoms with van der Waals surface area (Å²) >= 11 is 0. The smallest absolute Gasteiger partial charge is 0.337 e. The highest BCUT2D eigenvalue weighted by Gasteiger charge is 2.23. The molecule has 1 fully saturated rings. The Hall–Kier alpha value is -1.71. The van der Waals surface area contributed by atoms with Gasteiger partial charge in [0.15, 0.2) is 0 Å². The van der Waals surface area contributed by atoms with E-state index >= 15 is 0 Å². The highest BCUT2D eigenvalue weighted by Crippen LogP contribution is 2.31. The summed E-state index contributed by atoms with van der Waals surface area (Å²) in [5.74, 6) is 1.21. The van der Waals surface area contributed by atoms with Crippen LogP contribution in [0.3, 0.4) is 0 Å². The van der Waals surface area contributed by atoms with E-state index in [4.69, 9.17) is 10.5 Å². The van der Waals surface area contributed by atoms with Gasteiger partial charge >= 0.3 is 5.97 Å². The van der Waals surface area contributed by atoms with E-state index in [1.807, 2.05) is 6.07 Å². The fraction of sp³-hybridized carbons (Fsp3) is 0.562. The SMILES string of the molecule is COC(=O)c1ccc(N2CCC(C(C)C)CC2)c(N)c1. The zero-order chi connectivity index (χ0) is 14.7. The molecule has 0 unspecified atom stereocenters. The number of piperidine rings is 1. The van der Waals surface area contributed by atoms with Crippen LogP contribution in [-0.2, 0) is 4.74 Å². The number of hydrogen-bond donors (Lipinski definition) is 1. The maximum Gasteiger partial charge on any atom is 0.337 e. The molecule has 0 amide bonds. The molecule has 4 nitrogen and oxygen atoms in total. The molecule has 1 aliphatic rings. The van der Waals surface area contributed by atoms with Crippen molar-refractivity contribution in [1.82, 2.24) is 0 Å². The van der Waals surface area contributed by atoms with E-state index in [1.165, 1.54) is 20.0 Å². The van der Waals surface area contributed by atoms with Gasteiger partial charge in [-0.2, -0.15) is 0 Å². The maximum atomic E-state index is 11.5. The highest BCUT2D eigenvalue weighted by molar-refractivity contribution is 5.91. The zero-order valence-electron chi connectivity index (χ0n) is 12.6. The first-order valence-corrected chi connectivity index (χ1v) is 7.25. The first-order chi connectivity index (χ1) is 9.52. The average molecular weight is 276 g/mol. The molecule has 0 saturated carbocycles. The van der Waals surface area contributed by atoms with Gasteiger partial charge in [0.25, 0.3) is 0 Å². The van der Waals surface area contributed by atoms with Crippen LogP contribution in [0.25, 0.3) is 0 Å². The normalized spacial score (nSPS) is 16.5. The van der Waals surface area contributed by atoms with Crippen molar-refractivity contribution in [2.75, 3.05) is 30.8 Å². The van der Waals surface area contributed by atoms with Crippen LogP contribution < -0.4 is 10.6 Å². The maximum absolute atomic E-state index is 11.5. The summed E-state index contributed by atoms with van der Waals surface area (Å²) in [6.45, 7) is 6.65. The van der Waals surface area contributed by atoms with Gasteiger partial charge in [0.2, 0.25) is 0 Å². The second-order valence-corrected chi connectivity index (χ2v) is 5.83. The number of carbonyl (C=O) groups excluding carboxylic acids is 1. The third kappa shape index (κ3) is 3.06. The lowest BCUT2D eigenvalue weighted by molar-refractivity contribution is 0.0601. The van der Waals surface area contributed by atoms with Gasteiger partial charge in [-0.15, -0.1) is 0 Å². The Kier molecular flexibility index (Phi) is 4.53. The first-order valence-electron chi connectivity index (χ1n) is 7.25. The van der Waals surface area contributed by atoms with E-state index in [9.17, 15) is 4.79 Å². The highest BCUT2D eigenvalue weighted by atomic mass is 16.5. The number of nitrogen functional groups attached to an aromatic ring is 1. The van der Waals surface area contributed by atoms with Crippen LogP contribution in [0.5, 0.6) is 0 Å². The van der Waals surface area contributed by atoms with Gasteiger partial charge in [-0.05, 0) is 42.9 Å². The molecule has 20 heavy (non-hydrogen) atoms. The van der Waals surface area contributed by atoms with Crippen molar-refractivity contribution in [3.63, 3.8) is 0 Å². The van der Waals surface area contributed by atoms with Gasteiger partial charge in [0, 0.05) is 13.1 Å². The molecule has 4 heteroatoms. The van der Waals surface area contributed by atoms with Crippen molar-refractivity contribution in [3.8, 4) is 0 Å². The number of carbonyl (C=O) groups is 1. The Morgan fingerprint density at radius 2 is 2.00 bits per heavy atom. The minimum atomic E-state index is -0.346. The molecule has 1 aromatic rings. The summed E-state index contributed by atoms with van der Waals surface area (Å²) in [4.78, 5) is 13.8. The average Bonchev–Trinajstić information content (AvgIpc) is 2.46. The van der Waals surface area contributed by atoms with Crippen LogP contribution in [0.2, 0.25) is 0 Å². The Labute approximate surface area is 120 Å². The summed E-state index contributed by atoms with van der Waals surface area (Å²) < 4.78 is 4.71. The zero-order valence-corrected chi connectivity index (χ0v) is 12.6. The van der Waals surface area contributed by atoms with E-state index in [0.29, 0.717) is 11.3 Å². The topological polar surface area (TPSA) is 55.6 Å². The molecular weight excluding hydrogens is 252 g/mol. The van der Waals surface area contributed by atoms with Crippen molar-refractivity contribution >= 4 is 17.3 Å². The fourth-order valence-corrected chi connectivity index (χ4v) is 2.89. The summed E-state index contributed by atoms with van der Waals surface area (Å²) in [6, 6.07) is 5.42. The van der Waals surface area contributed by atoms with E-state index < -0.39 is 0 Å². The molecular formula is C16H24N2O2. The Morgan fingerprint density at radius 3 is 2.50 bits per heavy atom. The van der Waals surface area contributed by atoms with Gasteiger partial charge in [-0.25, -0.2) is 4.79 Å². The first kappa shape index (κ1) is 14.7. The lowest BCUT2D eigenvalue weighted by Crippen LogP contribution is -2.35. The summed E-state index contributed by atoms with van der Waals surface area (Å²) in [5.41, 5.74) is 8.27. The molecule has 1 aromatic carbocycles. The third-order valence-corrected chi connectivity index (χ3v) is 4.27. The minimum Gasteiger partial charge on any atom is -0.465 e. The van der Waals surface area contributed by atoms with Crippen LogP contribution in [0.15, 0.2) is 18.2 Å². The van der Waals surface area contributed by atoms with Gasteiger partial charge in [0.05, 0.1) is 24.0 Å². The van der Waals surface area contributed by atoms with Gasteiger partial charge in [0.1, 0.15) is 0 Å². The van der Waals surface area contributed by atoms with Gasteiger partial charge in [-0.1, -0.05) is 13.8 Å². The Morgan fingerprint density at radius 1 is 1.35 bits per heavy atom. The number of methoxy groups -OCH3 is 1.